The first-order valence-electron chi connectivity index (χ1n) is 6.12. The van der Waals surface area contributed by atoms with Crippen molar-refractivity contribution in [1.82, 2.24) is 0 Å². The van der Waals surface area contributed by atoms with Gasteiger partial charge in [0.05, 0.1) is 0 Å². The van der Waals surface area contributed by atoms with Gasteiger partial charge in [-0.2, -0.15) is 26.3 Å². The first-order valence-corrected chi connectivity index (χ1v) is 6.12. The first-order chi connectivity index (χ1) is 8.29. The highest BCUT2D eigenvalue weighted by molar-refractivity contribution is 5.04. The summed E-state index contributed by atoms with van der Waals surface area (Å²) in [6, 6.07) is -1.26. The maximum absolute atomic E-state index is 12.5. The molecule has 2 atom stereocenters. The lowest BCUT2D eigenvalue weighted by atomic mass is 9.76. The van der Waals surface area contributed by atoms with E-state index in [-0.39, 0.29) is 6.04 Å². The summed E-state index contributed by atoms with van der Waals surface area (Å²) in [4.78, 5) is 0. The molecule has 0 heterocycles. The van der Waals surface area contributed by atoms with Crippen LogP contribution in [-0.4, -0.2) is 24.4 Å². The van der Waals surface area contributed by atoms with Crippen LogP contribution in [0.4, 0.5) is 26.3 Å². The van der Waals surface area contributed by atoms with Crippen LogP contribution >= 0.6 is 0 Å². The minimum absolute atomic E-state index is 0.254. The fourth-order valence-electron chi connectivity index (χ4n) is 1.94. The van der Waals surface area contributed by atoms with Crippen LogP contribution < -0.4 is 0 Å². The van der Waals surface area contributed by atoms with Crippen LogP contribution in [0.25, 0.3) is 5.32 Å². The Hall–Kier alpha value is -0.460. The van der Waals surface area contributed by atoms with Crippen molar-refractivity contribution < 1.29 is 26.3 Å². The van der Waals surface area contributed by atoms with Crippen LogP contribution in [0.5, 0.6) is 0 Å². The van der Waals surface area contributed by atoms with Gasteiger partial charge in [-0.1, -0.05) is 34.1 Å². The number of hydrogen-bond acceptors (Lipinski definition) is 0. The second-order valence-corrected chi connectivity index (χ2v) is 5.32. The van der Waals surface area contributed by atoms with Gasteiger partial charge in [0, 0.05) is 12.8 Å². The van der Waals surface area contributed by atoms with Crippen molar-refractivity contribution in [2.45, 2.75) is 71.4 Å². The smallest absolute Gasteiger partial charge is 0.389 e. The summed E-state index contributed by atoms with van der Waals surface area (Å²) in [5, 5.41) is 4.04. The summed E-state index contributed by atoms with van der Waals surface area (Å²) in [7, 11) is 0. The molecule has 0 aromatic rings. The molecule has 0 saturated carbocycles. The molecule has 0 amide bonds. The van der Waals surface area contributed by atoms with Crippen molar-refractivity contribution in [3.05, 3.63) is 5.32 Å². The van der Waals surface area contributed by atoms with Crippen molar-refractivity contribution in [3.8, 4) is 0 Å². The Balaban J connectivity index is 5.03. The van der Waals surface area contributed by atoms with Gasteiger partial charge < -0.3 is 5.32 Å². The van der Waals surface area contributed by atoms with Gasteiger partial charge in [-0.3, -0.25) is 0 Å². The molecule has 0 N–H and O–H groups in total. The normalized spacial score (nSPS) is 17.4. The molecule has 0 bridgehead atoms. The summed E-state index contributed by atoms with van der Waals surface area (Å²) in [6.45, 7) is 5.79. The van der Waals surface area contributed by atoms with Crippen LogP contribution in [-0.2, 0) is 0 Å². The highest BCUT2D eigenvalue weighted by Crippen LogP contribution is 2.46. The number of rotatable bonds is 6. The van der Waals surface area contributed by atoms with Crippen molar-refractivity contribution in [3.63, 3.8) is 0 Å². The molecule has 0 saturated heterocycles. The van der Waals surface area contributed by atoms with Crippen LogP contribution in [0, 0.1) is 5.41 Å². The summed E-state index contributed by atoms with van der Waals surface area (Å²) in [5.41, 5.74) is -1.96. The average molecular weight is 292 g/mol. The van der Waals surface area contributed by atoms with Crippen LogP contribution in [0.2, 0.25) is 0 Å². The monoisotopic (exact) mass is 292 g/mol. The van der Waals surface area contributed by atoms with E-state index in [9.17, 15) is 26.3 Å². The maximum Gasteiger partial charge on any atom is 0.389 e. The SMILES string of the molecule is CCC(C)[N-]C(C)C(C)(CC(F)(F)F)CC(F)(F)F. The lowest BCUT2D eigenvalue weighted by Crippen LogP contribution is -2.39. The second-order valence-electron chi connectivity index (χ2n) is 5.32. The molecule has 2 unspecified atom stereocenters. The number of halogens is 6. The van der Waals surface area contributed by atoms with Crippen molar-refractivity contribution in [1.29, 1.82) is 0 Å². The van der Waals surface area contributed by atoms with E-state index in [1.807, 2.05) is 0 Å². The molecule has 19 heavy (non-hydrogen) atoms. The third kappa shape index (κ3) is 7.64. The van der Waals surface area contributed by atoms with Crippen molar-refractivity contribution in [2.24, 2.45) is 5.41 Å². The molecule has 0 rings (SSSR count). The number of hydrogen-bond donors (Lipinski definition) is 0. The zero-order chi connectivity index (χ0) is 15.5. The molecule has 0 spiro atoms. The maximum atomic E-state index is 12.5. The zero-order valence-corrected chi connectivity index (χ0v) is 11.5. The Morgan fingerprint density at radius 2 is 1.26 bits per heavy atom. The molecule has 0 aliphatic rings. The third-order valence-corrected chi connectivity index (χ3v) is 3.29. The highest BCUT2D eigenvalue weighted by atomic mass is 19.4. The molecule has 0 aromatic carbocycles. The van der Waals surface area contributed by atoms with Gasteiger partial charge in [0.25, 0.3) is 0 Å². The summed E-state index contributed by atoms with van der Waals surface area (Å²) in [6.07, 6.45) is -11.7. The van der Waals surface area contributed by atoms with Crippen LogP contribution in [0.1, 0.15) is 47.0 Å². The Kier molecular flexibility index (Phi) is 6.17. The Morgan fingerprint density at radius 1 is 0.895 bits per heavy atom. The van der Waals surface area contributed by atoms with Gasteiger partial charge in [0.2, 0.25) is 0 Å². The molecule has 1 nitrogen and oxygen atoms in total. The van der Waals surface area contributed by atoms with Crippen LogP contribution in [0.3, 0.4) is 0 Å². The average Bonchev–Trinajstić information content (AvgIpc) is 2.11. The molecule has 116 valence electrons. The first kappa shape index (κ1) is 18.5. The van der Waals surface area contributed by atoms with Gasteiger partial charge in [-0.05, 0) is 5.41 Å². The van der Waals surface area contributed by atoms with E-state index >= 15 is 0 Å². The number of alkyl halides is 6. The molecule has 0 fully saturated rings. The third-order valence-electron chi connectivity index (χ3n) is 3.29. The van der Waals surface area contributed by atoms with Gasteiger partial charge in [-0.25, -0.2) is 0 Å². The topological polar surface area (TPSA) is 14.1 Å². The molecule has 0 aromatic heterocycles. The molecule has 0 radical (unpaired) electrons. The van der Waals surface area contributed by atoms with E-state index in [2.05, 4.69) is 5.32 Å². The van der Waals surface area contributed by atoms with Gasteiger partial charge >= 0.3 is 12.4 Å². The van der Waals surface area contributed by atoms with Crippen LogP contribution in [0.15, 0.2) is 0 Å². The molecule has 7 heteroatoms. The van der Waals surface area contributed by atoms with E-state index < -0.39 is 36.7 Å². The quantitative estimate of drug-likeness (QED) is 0.577. The minimum atomic E-state index is -4.64. The lowest BCUT2D eigenvalue weighted by Gasteiger charge is -2.48. The fourth-order valence-corrected chi connectivity index (χ4v) is 1.94. The van der Waals surface area contributed by atoms with Gasteiger partial charge in [-0.15, -0.1) is 12.1 Å². The zero-order valence-electron chi connectivity index (χ0n) is 11.5. The van der Waals surface area contributed by atoms with E-state index in [1.165, 1.54) is 6.92 Å². The molecular weight excluding hydrogens is 272 g/mol. The largest absolute Gasteiger partial charge is 0.657 e. The standard InChI is InChI=1S/C12H20F6N/c1-5-8(2)19-9(3)10(4,6-11(13,14)15)7-12(16,17)18/h8-9H,5-7H2,1-4H3/q-1. The fraction of sp³-hybridized carbons (Fsp3) is 1.00. The molecule has 0 aliphatic carbocycles. The van der Waals surface area contributed by atoms with E-state index in [0.29, 0.717) is 6.42 Å². The van der Waals surface area contributed by atoms with E-state index in [4.69, 9.17) is 0 Å². The Labute approximate surface area is 109 Å². The predicted octanol–water partition coefficient (Wildman–Crippen LogP) is 5.46. The van der Waals surface area contributed by atoms with E-state index in [1.54, 1.807) is 13.8 Å². The van der Waals surface area contributed by atoms with Gasteiger partial charge in [0.15, 0.2) is 0 Å². The number of nitrogens with zero attached hydrogens (tertiary/aromatic N) is 1. The minimum Gasteiger partial charge on any atom is -0.657 e. The summed E-state index contributed by atoms with van der Waals surface area (Å²) < 4.78 is 75.0. The Bertz CT molecular complexity index is 254. The molecule has 0 aliphatic heterocycles. The summed E-state index contributed by atoms with van der Waals surface area (Å²) in [5.74, 6) is 0. The molecular formula is C12H20F6N-. The summed E-state index contributed by atoms with van der Waals surface area (Å²) >= 11 is 0. The van der Waals surface area contributed by atoms with Crippen molar-refractivity contribution >= 4 is 0 Å². The van der Waals surface area contributed by atoms with Gasteiger partial charge in [0.1, 0.15) is 0 Å². The van der Waals surface area contributed by atoms with E-state index in [0.717, 1.165) is 6.92 Å². The second kappa shape index (κ2) is 6.33. The van der Waals surface area contributed by atoms with Crippen molar-refractivity contribution in [2.75, 3.05) is 0 Å². The lowest BCUT2D eigenvalue weighted by molar-refractivity contribution is -0.193. The highest BCUT2D eigenvalue weighted by Gasteiger charge is 2.46. The predicted molar refractivity (Wildman–Crippen MR) is 62.0 cm³/mol. The Morgan fingerprint density at radius 3 is 1.53 bits per heavy atom.